The molecular formula is C23H24ClN5O. The van der Waals surface area contributed by atoms with E-state index in [-0.39, 0.29) is 5.56 Å². The van der Waals surface area contributed by atoms with Gasteiger partial charge in [0.05, 0.1) is 28.5 Å². The minimum atomic E-state index is -0.0327. The number of aromatic amines is 1. The van der Waals surface area contributed by atoms with Crippen molar-refractivity contribution < 1.29 is 0 Å². The smallest absolute Gasteiger partial charge is 0.276 e. The Kier molecular flexibility index (Phi) is 4.87. The van der Waals surface area contributed by atoms with E-state index in [1.807, 2.05) is 24.3 Å². The zero-order valence-electron chi connectivity index (χ0n) is 16.9. The van der Waals surface area contributed by atoms with Crippen LogP contribution in [0.25, 0.3) is 11.8 Å². The van der Waals surface area contributed by atoms with Gasteiger partial charge in [-0.3, -0.25) is 14.6 Å². The van der Waals surface area contributed by atoms with Crippen LogP contribution in [0, 0.1) is 0 Å². The molecule has 1 aromatic carbocycles. The average Bonchev–Trinajstić information content (AvgIpc) is 3.38. The summed E-state index contributed by atoms with van der Waals surface area (Å²) in [5.74, 6) is 1.04. The van der Waals surface area contributed by atoms with E-state index in [1.165, 1.54) is 17.5 Å². The van der Waals surface area contributed by atoms with E-state index in [2.05, 4.69) is 39.2 Å². The number of rotatable bonds is 4. The highest BCUT2D eigenvalue weighted by Gasteiger charge is 2.21. The second kappa shape index (κ2) is 7.69. The Morgan fingerprint density at radius 2 is 1.87 bits per heavy atom. The Bertz CT molecular complexity index is 1250. The van der Waals surface area contributed by atoms with E-state index in [0.717, 1.165) is 41.2 Å². The second-order valence-electron chi connectivity index (χ2n) is 7.89. The predicted molar refractivity (Wildman–Crippen MR) is 120 cm³/mol. The number of nitrogens with zero attached hydrogens (tertiary/aromatic N) is 4. The Hall–Kier alpha value is -2.99. The maximum atomic E-state index is 12.9. The number of H-pyrrole nitrogens is 1. The first-order valence-corrected chi connectivity index (χ1v) is 10.7. The van der Waals surface area contributed by atoms with Crippen molar-refractivity contribution in [2.24, 2.45) is 7.05 Å². The summed E-state index contributed by atoms with van der Waals surface area (Å²) in [6.45, 7) is 3.46. The lowest BCUT2D eigenvalue weighted by atomic mass is 10.1. The van der Waals surface area contributed by atoms with Gasteiger partial charge < -0.3 is 9.80 Å². The minimum absolute atomic E-state index is 0.0327. The molecule has 3 aromatic rings. The number of pyridine rings is 1. The van der Waals surface area contributed by atoms with Crippen LogP contribution in [0.5, 0.6) is 0 Å². The van der Waals surface area contributed by atoms with Crippen molar-refractivity contribution in [1.82, 2.24) is 19.7 Å². The second-order valence-corrected chi connectivity index (χ2v) is 8.32. The Balaban J connectivity index is 1.58. The van der Waals surface area contributed by atoms with Crippen molar-refractivity contribution in [3.05, 3.63) is 79.7 Å². The third-order valence-electron chi connectivity index (χ3n) is 5.84. The molecule has 6 nitrogen and oxygen atoms in total. The zero-order chi connectivity index (χ0) is 20.7. The summed E-state index contributed by atoms with van der Waals surface area (Å²) >= 11 is 6.12. The Morgan fingerprint density at radius 1 is 1.10 bits per heavy atom. The first-order valence-electron chi connectivity index (χ1n) is 10.3. The standard InChI is InChI=1S/C23H24ClN5O/c1-27-23(30)21-19(26-27)11-14-29(22(21)16-7-9-17(24)10-8-16)15-18-5-4-6-20(25-18)28-12-2-3-13-28/h4-11,26H,2-3,12-15H2,1H3. The summed E-state index contributed by atoms with van der Waals surface area (Å²) in [4.78, 5) is 22.4. The molecule has 2 aliphatic heterocycles. The molecule has 1 N–H and O–H groups in total. The molecule has 2 aliphatic rings. The number of nitrogens with one attached hydrogen (secondary N) is 1. The first kappa shape index (κ1) is 19.0. The fourth-order valence-electron chi connectivity index (χ4n) is 4.35. The van der Waals surface area contributed by atoms with Gasteiger partial charge in [-0.15, -0.1) is 0 Å². The summed E-state index contributed by atoms with van der Waals surface area (Å²) in [6, 6.07) is 13.9. The number of hydrogen-bond acceptors (Lipinski definition) is 4. The van der Waals surface area contributed by atoms with Crippen LogP contribution in [0.1, 0.15) is 24.1 Å². The molecule has 1 fully saturated rings. The maximum Gasteiger partial charge on any atom is 0.276 e. The molecule has 0 atom stereocenters. The number of fused-ring (bicyclic) bond motifs is 1. The highest BCUT2D eigenvalue weighted by molar-refractivity contribution is 6.30. The van der Waals surface area contributed by atoms with E-state index in [0.29, 0.717) is 23.3 Å². The van der Waals surface area contributed by atoms with Crippen molar-refractivity contribution in [1.29, 1.82) is 0 Å². The van der Waals surface area contributed by atoms with Crippen molar-refractivity contribution >= 4 is 29.2 Å². The molecule has 0 amide bonds. The van der Waals surface area contributed by atoms with E-state index >= 15 is 0 Å². The van der Waals surface area contributed by atoms with E-state index < -0.39 is 0 Å². The molecule has 154 valence electrons. The largest absolute Gasteiger partial charge is 0.361 e. The zero-order valence-corrected chi connectivity index (χ0v) is 17.7. The van der Waals surface area contributed by atoms with Gasteiger partial charge in [-0.05, 0) is 48.7 Å². The van der Waals surface area contributed by atoms with Crippen LogP contribution in [-0.4, -0.2) is 39.3 Å². The topological polar surface area (TPSA) is 57.2 Å². The van der Waals surface area contributed by atoms with Gasteiger partial charge in [0.2, 0.25) is 0 Å². The van der Waals surface area contributed by atoms with Crippen molar-refractivity contribution in [3.63, 3.8) is 0 Å². The molecule has 30 heavy (non-hydrogen) atoms. The van der Waals surface area contributed by atoms with Crippen LogP contribution < -0.4 is 21.0 Å². The van der Waals surface area contributed by atoms with Gasteiger partial charge >= 0.3 is 0 Å². The minimum Gasteiger partial charge on any atom is -0.361 e. The lowest BCUT2D eigenvalue weighted by Crippen LogP contribution is -2.45. The highest BCUT2D eigenvalue weighted by atomic mass is 35.5. The third kappa shape index (κ3) is 3.41. The molecule has 5 rings (SSSR count). The van der Waals surface area contributed by atoms with Crippen LogP contribution in [0.3, 0.4) is 0 Å². The molecular weight excluding hydrogens is 398 g/mol. The normalized spacial score (nSPS) is 16.0. The van der Waals surface area contributed by atoms with Crippen molar-refractivity contribution in [2.75, 3.05) is 24.5 Å². The first-order chi connectivity index (χ1) is 14.6. The summed E-state index contributed by atoms with van der Waals surface area (Å²) in [6.07, 6.45) is 4.52. The number of aryl methyl sites for hydroxylation is 1. The monoisotopic (exact) mass is 421 g/mol. The molecule has 0 spiro atoms. The molecule has 2 aromatic heterocycles. The van der Waals surface area contributed by atoms with Crippen LogP contribution >= 0.6 is 11.6 Å². The molecule has 0 unspecified atom stereocenters. The van der Waals surface area contributed by atoms with Crippen LogP contribution in [0.2, 0.25) is 5.02 Å². The van der Waals surface area contributed by atoms with E-state index in [1.54, 1.807) is 7.05 Å². The molecule has 7 heteroatoms. The van der Waals surface area contributed by atoms with E-state index in [4.69, 9.17) is 16.6 Å². The number of anilines is 1. The number of halogens is 1. The van der Waals surface area contributed by atoms with Crippen LogP contribution in [-0.2, 0) is 13.6 Å². The molecule has 0 bridgehead atoms. The van der Waals surface area contributed by atoms with Crippen molar-refractivity contribution in [2.45, 2.75) is 19.4 Å². The number of aromatic nitrogens is 3. The maximum absolute atomic E-state index is 12.9. The predicted octanol–water partition coefficient (Wildman–Crippen LogP) is 1.81. The number of hydrogen-bond donors (Lipinski definition) is 1. The summed E-state index contributed by atoms with van der Waals surface area (Å²) in [7, 11) is 1.75. The summed E-state index contributed by atoms with van der Waals surface area (Å²) < 4.78 is 1.53. The summed E-state index contributed by atoms with van der Waals surface area (Å²) in [5.41, 5.74) is 2.85. The SMILES string of the molecule is Cn1[nH]c2c(c1=O)=C(c1ccc(Cl)cc1)N(Cc1cccc(N3CCCC3)n1)CC=2. The van der Waals surface area contributed by atoms with Gasteiger partial charge in [-0.1, -0.05) is 29.8 Å². The molecule has 0 aliphatic carbocycles. The van der Waals surface area contributed by atoms with E-state index in [9.17, 15) is 4.79 Å². The molecule has 0 radical (unpaired) electrons. The third-order valence-corrected chi connectivity index (χ3v) is 6.09. The van der Waals surface area contributed by atoms with Crippen LogP contribution in [0.4, 0.5) is 5.82 Å². The van der Waals surface area contributed by atoms with Gasteiger partial charge in [-0.2, -0.15) is 0 Å². The van der Waals surface area contributed by atoms with Gasteiger partial charge in [0, 0.05) is 31.7 Å². The Morgan fingerprint density at radius 3 is 2.63 bits per heavy atom. The average molecular weight is 422 g/mol. The van der Waals surface area contributed by atoms with Gasteiger partial charge in [-0.25, -0.2) is 4.98 Å². The quantitative estimate of drug-likeness (QED) is 0.698. The lowest BCUT2D eigenvalue weighted by molar-refractivity contribution is 0.429. The van der Waals surface area contributed by atoms with Gasteiger partial charge in [0.1, 0.15) is 5.82 Å². The fraction of sp³-hybridized carbons (Fsp3) is 0.304. The Labute approximate surface area is 179 Å². The van der Waals surface area contributed by atoms with Crippen LogP contribution in [0.15, 0.2) is 47.3 Å². The fourth-order valence-corrected chi connectivity index (χ4v) is 4.47. The van der Waals surface area contributed by atoms with Crippen molar-refractivity contribution in [3.8, 4) is 0 Å². The van der Waals surface area contributed by atoms with Gasteiger partial charge in [0.15, 0.2) is 0 Å². The number of benzene rings is 1. The summed E-state index contributed by atoms with van der Waals surface area (Å²) in [5, 5.41) is 5.40. The van der Waals surface area contributed by atoms with Gasteiger partial charge in [0.25, 0.3) is 5.56 Å². The highest BCUT2D eigenvalue weighted by Crippen LogP contribution is 2.23. The molecule has 4 heterocycles. The molecule has 1 saturated heterocycles. The lowest BCUT2D eigenvalue weighted by Gasteiger charge is -2.28. The molecule has 0 saturated carbocycles.